The standard InChI is InChI=1S/C34H44N4O6S2/c1-23-21-24(2)26(4)33(25(23)3)46(42,43)38-19-15-27(16-20-38)34(39)35-28-13-14-30(37-17-9-6-10-18-37)32(22-28)45(40,41)36-29-11-7-8-12-31(29)44-5/h7-8,11-14,21-22,27,36H,6,9-10,15-20H2,1-5H3,(H,35,39). The third kappa shape index (κ3) is 6.89. The van der Waals surface area contributed by atoms with Gasteiger partial charge in [-0.1, -0.05) is 18.2 Å². The van der Waals surface area contributed by atoms with Crippen molar-refractivity contribution >= 4 is 43.0 Å². The lowest BCUT2D eigenvalue weighted by Gasteiger charge is -2.32. The fourth-order valence-electron chi connectivity index (χ4n) is 6.43. The predicted octanol–water partition coefficient (Wildman–Crippen LogP) is 5.76. The fraction of sp³-hybridized carbons (Fsp3) is 0.441. The van der Waals surface area contributed by atoms with Crippen LogP contribution in [0, 0.1) is 33.6 Å². The maximum atomic E-state index is 13.8. The highest BCUT2D eigenvalue weighted by Gasteiger charge is 2.35. The molecule has 2 heterocycles. The summed E-state index contributed by atoms with van der Waals surface area (Å²) in [5.74, 6) is -0.282. The van der Waals surface area contributed by atoms with Gasteiger partial charge in [0, 0.05) is 37.8 Å². The highest BCUT2D eigenvalue weighted by Crippen LogP contribution is 2.35. The average Bonchev–Trinajstić information content (AvgIpc) is 3.04. The van der Waals surface area contributed by atoms with E-state index < -0.39 is 26.0 Å². The molecule has 2 N–H and O–H groups in total. The van der Waals surface area contributed by atoms with Crippen LogP contribution in [-0.2, 0) is 24.8 Å². The van der Waals surface area contributed by atoms with Crippen LogP contribution in [0.5, 0.6) is 5.75 Å². The lowest BCUT2D eigenvalue weighted by molar-refractivity contribution is -0.120. The van der Waals surface area contributed by atoms with Gasteiger partial charge in [0.1, 0.15) is 10.6 Å². The van der Waals surface area contributed by atoms with E-state index in [1.807, 2.05) is 33.8 Å². The number of ether oxygens (including phenoxy) is 1. The van der Waals surface area contributed by atoms with Crippen molar-refractivity contribution in [2.75, 3.05) is 48.2 Å². The largest absolute Gasteiger partial charge is 0.495 e. The van der Waals surface area contributed by atoms with E-state index in [9.17, 15) is 21.6 Å². The minimum atomic E-state index is -4.07. The number of nitrogens with one attached hydrogen (secondary N) is 2. The van der Waals surface area contributed by atoms with E-state index in [-0.39, 0.29) is 23.9 Å². The van der Waals surface area contributed by atoms with Gasteiger partial charge < -0.3 is 15.0 Å². The van der Waals surface area contributed by atoms with E-state index in [1.54, 1.807) is 36.4 Å². The van der Waals surface area contributed by atoms with Crippen molar-refractivity contribution in [3.05, 3.63) is 70.8 Å². The number of para-hydroxylation sites is 2. The Balaban J connectivity index is 1.35. The lowest BCUT2D eigenvalue weighted by atomic mass is 9.97. The summed E-state index contributed by atoms with van der Waals surface area (Å²) in [4.78, 5) is 15.9. The van der Waals surface area contributed by atoms with Gasteiger partial charge in [0.05, 0.1) is 23.4 Å². The maximum absolute atomic E-state index is 13.8. The topological polar surface area (TPSA) is 125 Å². The number of anilines is 3. The van der Waals surface area contributed by atoms with Crippen LogP contribution < -0.4 is 19.7 Å². The van der Waals surface area contributed by atoms with E-state index in [4.69, 9.17) is 4.74 Å². The first-order chi connectivity index (χ1) is 21.8. The molecule has 2 fully saturated rings. The Hall–Kier alpha value is -3.61. The van der Waals surface area contributed by atoms with Crippen molar-refractivity contribution in [2.24, 2.45) is 5.92 Å². The van der Waals surface area contributed by atoms with E-state index >= 15 is 0 Å². The molecule has 0 bridgehead atoms. The second-order valence-corrected chi connectivity index (χ2v) is 15.8. The Labute approximate surface area is 273 Å². The Kier molecular flexibility index (Phi) is 10.00. The predicted molar refractivity (Wildman–Crippen MR) is 182 cm³/mol. The minimum absolute atomic E-state index is 0.0678. The zero-order chi connectivity index (χ0) is 33.2. The minimum Gasteiger partial charge on any atom is -0.495 e. The molecule has 0 spiro atoms. The van der Waals surface area contributed by atoms with Crippen LogP contribution in [-0.4, -0.2) is 60.3 Å². The molecule has 10 nitrogen and oxygen atoms in total. The van der Waals surface area contributed by atoms with Crippen molar-refractivity contribution in [3.8, 4) is 5.75 Å². The molecule has 5 rings (SSSR count). The third-order valence-corrected chi connectivity index (χ3v) is 12.9. The van der Waals surface area contributed by atoms with Crippen molar-refractivity contribution in [1.82, 2.24) is 4.31 Å². The van der Waals surface area contributed by atoms with Crippen LogP contribution in [0.4, 0.5) is 17.1 Å². The molecule has 2 aliphatic heterocycles. The summed E-state index contributed by atoms with van der Waals surface area (Å²) < 4.78 is 64.6. The van der Waals surface area contributed by atoms with Crippen LogP contribution in [0.1, 0.15) is 54.4 Å². The molecular weight excluding hydrogens is 625 g/mol. The quantitative estimate of drug-likeness (QED) is 0.297. The molecule has 2 saturated heterocycles. The van der Waals surface area contributed by atoms with Crippen LogP contribution in [0.25, 0.3) is 0 Å². The second-order valence-electron chi connectivity index (χ2n) is 12.3. The highest BCUT2D eigenvalue weighted by molar-refractivity contribution is 7.93. The molecule has 46 heavy (non-hydrogen) atoms. The monoisotopic (exact) mass is 668 g/mol. The molecule has 0 saturated carbocycles. The Morgan fingerprint density at radius 3 is 2.09 bits per heavy atom. The molecule has 0 aliphatic carbocycles. The van der Waals surface area contributed by atoms with Crippen molar-refractivity contribution in [3.63, 3.8) is 0 Å². The fourth-order valence-corrected chi connectivity index (χ4v) is 9.80. The number of hydrogen-bond donors (Lipinski definition) is 2. The second kappa shape index (κ2) is 13.6. The molecule has 2 aliphatic rings. The Morgan fingerprint density at radius 2 is 1.46 bits per heavy atom. The zero-order valence-electron chi connectivity index (χ0n) is 27.2. The SMILES string of the molecule is COc1ccccc1NS(=O)(=O)c1cc(NC(=O)C2CCN(S(=O)(=O)c3c(C)c(C)cc(C)c3C)CC2)ccc1N1CCCCC1. The molecule has 3 aromatic rings. The summed E-state index contributed by atoms with van der Waals surface area (Å²) in [5, 5.41) is 2.92. The molecule has 1 amide bonds. The van der Waals surface area contributed by atoms with E-state index in [0.717, 1.165) is 54.6 Å². The molecule has 0 radical (unpaired) electrons. The van der Waals surface area contributed by atoms with Crippen LogP contribution in [0.2, 0.25) is 0 Å². The molecule has 3 aromatic carbocycles. The summed E-state index contributed by atoms with van der Waals surface area (Å²) >= 11 is 0. The van der Waals surface area contributed by atoms with Gasteiger partial charge in [-0.05, 0) is 112 Å². The first-order valence-corrected chi connectivity index (χ1v) is 18.7. The summed E-state index contributed by atoms with van der Waals surface area (Å²) in [7, 11) is -6.32. The third-order valence-electron chi connectivity index (χ3n) is 9.28. The summed E-state index contributed by atoms with van der Waals surface area (Å²) in [6.45, 7) is 9.45. The number of benzene rings is 3. The van der Waals surface area contributed by atoms with Gasteiger partial charge in [0.25, 0.3) is 10.0 Å². The van der Waals surface area contributed by atoms with Gasteiger partial charge in [-0.15, -0.1) is 0 Å². The first kappa shape index (κ1) is 33.7. The van der Waals surface area contributed by atoms with Crippen LogP contribution in [0.3, 0.4) is 0 Å². The first-order valence-electron chi connectivity index (χ1n) is 15.8. The van der Waals surface area contributed by atoms with Gasteiger partial charge in [0.15, 0.2) is 0 Å². The van der Waals surface area contributed by atoms with Gasteiger partial charge in [-0.25, -0.2) is 16.8 Å². The maximum Gasteiger partial charge on any atom is 0.264 e. The molecular formula is C34H44N4O6S2. The van der Waals surface area contributed by atoms with E-state index in [0.29, 0.717) is 40.5 Å². The van der Waals surface area contributed by atoms with Crippen molar-refractivity contribution in [2.45, 2.75) is 69.6 Å². The van der Waals surface area contributed by atoms with Gasteiger partial charge in [0.2, 0.25) is 15.9 Å². The number of amides is 1. The summed E-state index contributed by atoms with van der Waals surface area (Å²) in [6, 6.07) is 13.8. The number of rotatable bonds is 9. The number of aryl methyl sites for hydroxylation is 2. The Bertz CT molecular complexity index is 1800. The number of methoxy groups -OCH3 is 1. The number of nitrogens with zero attached hydrogens (tertiary/aromatic N) is 2. The highest BCUT2D eigenvalue weighted by atomic mass is 32.2. The van der Waals surface area contributed by atoms with Crippen LogP contribution in [0.15, 0.2) is 58.3 Å². The number of sulfonamides is 2. The number of hydrogen-bond acceptors (Lipinski definition) is 7. The molecule has 0 unspecified atom stereocenters. The molecule has 0 atom stereocenters. The van der Waals surface area contributed by atoms with Crippen molar-refractivity contribution in [1.29, 1.82) is 0 Å². The van der Waals surface area contributed by atoms with Gasteiger partial charge >= 0.3 is 0 Å². The number of carbonyl (C=O) groups excluding carboxylic acids is 1. The average molecular weight is 669 g/mol. The summed E-state index contributed by atoms with van der Waals surface area (Å²) in [6.07, 6.45) is 3.75. The van der Waals surface area contributed by atoms with E-state index in [2.05, 4.69) is 14.9 Å². The zero-order valence-corrected chi connectivity index (χ0v) is 28.9. The number of carbonyl (C=O) groups is 1. The van der Waals surface area contributed by atoms with E-state index in [1.165, 1.54) is 17.5 Å². The normalized spacial score (nSPS) is 16.7. The van der Waals surface area contributed by atoms with Crippen LogP contribution >= 0.6 is 0 Å². The summed E-state index contributed by atoms with van der Waals surface area (Å²) in [5.41, 5.74) is 4.63. The molecule has 12 heteroatoms. The van der Waals surface area contributed by atoms with Gasteiger partial charge in [-0.3, -0.25) is 9.52 Å². The van der Waals surface area contributed by atoms with Crippen molar-refractivity contribution < 1.29 is 26.4 Å². The molecule has 0 aromatic heterocycles. The Morgan fingerprint density at radius 1 is 0.826 bits per heavy atom. The molecule has 248 valence electrons. The number of piperidine rings is 2. The van der Waals surface area contributed by atoms with Gasteiger partial charge in [-0.2, -0.15) is 4.31 Å². The smallest absolute Gasteiger partial charge is 0.264 e. The lowest BCUT2D eigenvalue weighted by Crippen LogP contribution is -2.42.